The first-order valence-electron chi connectivity index (χ1n) is 8.19. The first kappa shape index (κ1) is 17.8. The van der Waals surface area contributed by atoms with Gasteiger partial charge in [0.1, 0.15) is 4.88 Å². The molecule has 2 heterocycles. The van der Waals surface area contributed by atoms with Crippen LogP contribution in [0.1, 0.15) is 33.9 Å². The van der Waals surface area contributed by atoms with Crippen LogP contribution in [-0.4, -0.2) is 33.2 Å². The number of thiazole rings is 1. The highest BCUT2D eigenvalue weighted by Gasteiger charge is 2.22. The number of nitrogens with one attached hydrogen (secondary N) is 1. The lowest BCUT2D eigenvalue weighted by Crippen LogP contribution is -2.10. The summed E-state index contributed by atoms with van der Waals surface area (Å²) in [6, 6.07) is 9.32. The van der Waals surface area contributed by atoms with Gasteiger partial charge >= 0.3 is 5.97 Å². The Bertz CT molecular complexity index is 918. The van der Waals surface area contributed by atoms with Crippen LogP contribution in [0.4, 0.5) is 5.13 Å². The molecule has 0 unspecified atom stereocenters. The highest BCUT2D eigenvalue weighted by Crippen LogP contribution is 2.32. The van der Waals surface area contributed by atoms with Crippen LogP contribution in [0, 0.1) is 0 Å². The van der Waals surface area contributed by atoms with Gasteiger partial charge in [0.2, 0.25) is 0 Å². The monoisotopic (exact) mass is 370 g/mol. The Hall–Kier alpha value is -3.00. The van der Waals surface area contributed by atoms with Gasteiger partial charge in [0.25, 0.3) is 5.91 Å². The van der Waals surface area contributed by atoms with Gasteiger partial charge in [-0.25, -0.2) is 9.78 Å². The minimum atomic E-state index is -0.455. The zero-order valence-corrected chi connectivity index (χ0v) is 15.2. The molecule has 0 atom stereocenters. The summed E-state index contributed by atoms with van der Waals surface area (Å²) in [6.45, 7) is 4.63. The summed E-state index contributed by atoms with van der Waals surface area (Å²) in [5.74, 6) is -0.781. The van der Waals surface area contributed by atoms with Crippen molar-refractivity contribution in [2.75, 3.05) is 11.9 Å². The molecular weight excluding hydrogens is 352 g/mol. The van der Waals surface area contributed by atoms with Gasteiger partial charge in [-0.2, -0.15) is 5.10 Å². The van der Waals surface area contributed by atoms with Crippen molar-refractivity contribution in [3.63, 3.8) is 0 Å². The fraction of sp³-hybridized carbons (Fsp3) is 0.222. The van der Waals surface area contributed by atoms with Gasteiger partial charge in [-0.3, -0.25) is 14.8 Å². The SMILES string of the molecule is CCOC(=O)c1sc(NC(=O)c2cnn(CC)c2)nc1-c1ccccc1. The minimum absolute atomic E-state index is 0.267. The third kappa shape index (κ3) is 3.80. The van der Waals surface area contributed by atoms with E-state index in [1.54, 1.807) is 17.8 Å². The van der Waals surface area contributed by atoms with Crippen LogP contribution in [0.2, 0.25) is 0 Å². The van der Waals surface area contributed by atoms with Gasteiger partial charge in [0, 0.05) is 18.3 Å². The maximum absolute atomic E-state index is 12.4. The third-order valence-corrected chi connectivity index (χ3v) is 4.53. The number of ether oxygens (including phenoxy) is 1. The molecule has 2 aromatic heterocycles. The summed E-state index contributed by atoms with van der Waals surface area (Å²) < 4.78 is 6.78. The molecule has 3 aromatic rings. The van der Waals surface area contributed by atoms with Crippen LogP contribution >= 0.6 is 11.3 Å². The Labute approximate surface area is 154 Å². The largest absolute Gasteiger partial charge is 0.462 e. The van der Waals surface area contributed by atoms with Crippen molar-refractivity contribution in [1.29, 1.82) is 0 Å². The number of hydrogen-bond acceptors (Lipinski definition) is 6. The van der Waals surface area contributed by atoms with Gasteiger partial charge in [0.05, 0.1) is 24.1 Å². The van der Waals surface area contributed by atoms with E-state index in [-0.39, 0.29) is 12.5 Å². The van der Waals surface area contributed by atoms with Crippen molar-refractivity contribution in [3.05, 3.63) is 53.2 Å². The molecule has 7 nitrogen and oxygen atoms in total. The van der Waals surface area contributed by atoms with E-state index in [0.29, 0.717) is 27.8 Å². The summed E-state index contributed by atoms with van der Waals surface area (Å²) in [6.07, 6.45) is 3.16. The van der Waals surface area contributed by atoms with Crippen LogP contribution in [0.3, 0.4) is 0 Å². The average Bonchev–Trinajstić information content (AvgIpc) is 3.29. The lowest BCUT2D eigenvalue weighted by atomic mass is 10.1. The van der Waals surface area contributed by atoms with Crippen LogP contribution in [-0.2, 0) is 11.3 Å². The van der Waals surface area contributed by atoms with Crippen LogP contribution in [0.25, 0.3) is 11.3 Å². The third-order valence-electron chi connectivity index (χ3n) is 3.58. The second kappa shape index (κ2) is 7.92. The van der Waals surface area contributed by atoms with Crippen LogP contribution in [0.15, 0.2) is 42.7 Å². The molecule has 0 saturated heterocycles. The molecule has 0 bridgehead atoms. The fourth-order valence-electron chi connectivity index (χ4n) is 2.32. The smallest absolute Gasteiger partial charge is 0.350 e. The van der Waals surface area contributed by atoms with Crippen LogP contribution < -0.4 is 5.32 Å². The number of hydrogen-bond donors (Lipinski definition) is 1. The Morgan fingerprint density at radius 1 is 1.23 bits per heavy atom. The van der Waals surface area contributed by atoms with Crippen molar-refractivity contribution < 1.29 is 14.3 Å². The van der Waals surface area contributed by atoms with Gasteiger partial charge in [-0.05, 0) is 13.8 Å². The molecule has 1 amide bonds. The number of aryl methyl sites for hydroxylation is 1. The number of aromatic nitrogens is 3. The van der Waals surface area contributed by atoms with Gasteiger partial charge in [-0.15, -0.1) is 0 Å². The molecule has 0 saturated carbocycles. The van der Waals surface area contributed by atoms with Crippen molar-refractivity contribution in [2.24, 2.45) is 0 Å². The van der Waals surface area contributed by atoms with E-state index in [0.717, 1.165) is 16.9 Å². The molecule has 0 radical (unpaired) electrons. The standard InChI is InChI=1S/C18H18N4O3S/c1-3-22-11-13(10-19-22)16(23)21-18-20-14(12-8-6-5-7-9-12)15(26-18)17(24)25-4-2/h5-11H,3-4H2,1-2H3,(H,20,21,23). The summed E-state index contributed by atoms with van der Waals surface area (Å²) in [7, 11) is 0. The lowest BCUT2D eigenvalue weighted by Gasteiger charge is -2.01. The minimum Gasteiger partial charge on any atom is -0.462 e. The predicted molar refractivity (Wildman–Crippen MR) is 99.4 cm³/mol. The summed E-state index contributed by atoms with van der Waals surface area (Å²) in [5, 5.41) is 7.15. The van der Waals surface area contributed by atoms with E-state index in [1.807, 2.05) is 37.3 Å². The van der Waals surface area contributed by atoms with Gasteiger partial charge in [-0.1, -0.05) is 41.7 Å². The first-order chi connectivity index (χ1) is 12.6. The number of benzene rings is 1. The Kier molecular flexibility index (Phi) is 5.43. The Morgan fingerprint density at radius 3 is 2.65 bits per heavy atom. The van der Waals surface area contributed by atoms with Crippen molar-refractivity contribution in [3.8, 4) is 11.3 Å². The maximum atomic E-state index is 12.4. The molecule has 1 aromatic carbocycles. The zero-order valence-electron chi connectivity index (χ0n) is 14.4. The molecular formula is C18H18N4O3S. The molecule has 1 N–H and O–H groups in total. The molecule has 3 rings (SSSR count). The summed E-state index contributed by atoms with van der Waals surface area (Å²) >= 11 is 1.09. The number of rotatable bonds is 6. The summed E-state index contributed by atoms with van der Waals surface area (Å²) in [5.41, 5.74) is 1.71. The maximum Gasteiger partial charge on any atom is 0.350 e. The van der Waals surface area contributed by atoms with Gasteiger partial charge in [0.15, 0.2) is 5.13 Å². The van der Waals surface area contributed by atoms with Gasteiger partial charge < -0.3 is 4.74 Å². The number of carbonyl (C=O) groups is 2. The Balaban J connectivity index is 1.90. The van der Waals surface area contributed by atoms with E-state index in [1.165, 1.54) is 6.20 Å². The number of nitrogens with zero attached hydrogens (tertiary/aromatic N) is 3. The van der Waals surface area contributed by atoms with E-state index >= 15 is 0 Å². The number of esters is 1. The molecule has 0 aliphatic carbocycles. The average molecular weight is 370 g/mol. The zero-order chi connectivity index (χ0) is 18.5. The molecule has 0 fully saturated rings. The van der Waals surface area contributed by atoms with E-state index in [2.05, 4.69) is 15.4 Å². The first-order valence-corrected chi connectivity index (χ1v) is 9.01. The molecule has 8 heteroatoms. The molecule has 0 aliphatic heterocycles. The Morgan fingerprint density at radius 2 is 2.00 bits per heavy atom. The van der Waals surface area contributed by atoms with Crippen molar-refractivity contribution >= 4 is 28.3 Å². The molecule has 0 aliphatic rings. The highest BCUT2D eigenvalue weighted by atomic mass is 32.1. The molecule has 134 valence electrons. The van der Waals surface area contributed by atoms with E-state index < -0.39 is 5.97 Å². The van der Waals surface area contributed by atoms with Crippen molar-refractivity contribution in [1.82, 2.24) is 14.8 Å². The molecule has 26 heavy (non-hydrogen) atoms. The topological polar surface area (TPSA) is 86.1 Å². The van der Waals surface area contributed by atoms with Crippen molar-refractivity contribution in [2.45, 2.75) is 20.4 Å². The predicted octanol–water partition coefficient (Wildman–Crippen LogP) is 3.46. The number of amides is 1. The second-order valence-corrected chi connectivity index (χ2v) is 6.32. The lowest BCUT2D eigenvalue weighted by molar-refractivity contribution is 0.0532. The van der Waals surface area contributed by atoms with E-state index in [9.17, 15) is 9.59 Å². The van der Waals surface area contributed by atoms with E-state index in [4.69, 9.17) is 4.74 Å². The number of anilines is 1. The highest BCUT2D eigenvalue weighted by molar-refractivity contribution is 7.18. The molecule has 0 spiro atoms. The normalized spacial score (nSPS) is 10.5. The summed E-state index contributed by atoms with van der Waals surface area (Å²) in [4.78, 5) is 29.4. The fourth-order valence-corrected chi connectivity index (χ4v) is 3.20. The number of carbonyl (C=O) groups excluding carboxylic acids is 2. The van der Waals surface area contributed by atoms with Crippen LogP contribution in [0.5, 0.6) is 0 Å². The second-order valence-electron chi connectivity index (χ2n) is 5.32. The quantitative estimate of drug-likeness (QED) is 0.672.